The Hall–Kier alpha value is -3.98. The minimum Gasteiger partial charge on any atom is -0.378 e. The summed E-state index contributed by atoms with van der Waals surface area (Å²) in [6, 6.07) is 46.6. The number of aryl methyl sites for hydroxylation is 4. The lowest BCUT2D eigenvalue weighted by atomic mass is 9.82. The molecule has 0 aromatic heterocycles. The van der Waals surface area contributed by atoms with Gasteiger partial charge in [-0.25, -0.2) is 0 Å². The van der Waals surface area contributed by atoms with Gasteiger partial charge in [-0.15, -0.1) is 0 Å². The first-order valence-electron chi connectivity index (χ1n) is 24.3. The van der Waals surface area contributed by atoms with Crippen LogP contribution in [0.2, 0.25) is 0 Å². The summed E-state index contributed by atoms with van der Waals surface area (Å²) in [5, 5.41) is 0. The summed E-state index contributed by atoms with van der Waals surface area (Å²) in [5.74, 6) is 1.38. The van der Waals surface area contributed by atoms with Crippen molar-refractivity contribution < 1.29 is 9.47 Å². The molecule has 2 heteroatoms. The SMILES string of the molecule is CCCCCCOC1CCC(c2ccc(CCc3ccc(-c4cccc(-c5ccc(CCc6ccc(C7CCC(OCCCCCC)CC7)cc6)cc5)c4)cc3)cc2)CC1. The Morgan fingerprint density at radius 3 is 1.07 bits per heavy atom. The number of hydrogen-bond acceptors (Lipinski definition) is 2. The third-order valence-corrected chi connectivity index (χ3v) is 13.8. The molecule has 2 fully saturated rings. The molecule has 0 unspecified atom stereocenters. The fourth-order valence-electron chi connectivity index (χ4n) is 9.78. The highest BCUT2D eigenvalue weighted by Crippen LogP contribution is 2.36. The lowest BCUT2D eigenvalue weighted by molar-refractivity contribution is 0.0225. The molecule has 0 radical (unpaired) electrons. The summed E-state index contributed by atoms with van der Waals surface area (Å²) in [7, 11) is 0. The number of unbranched alkanes of at least 4 members (excludes halogenated alkanes) is 6. The topological polar surface area (TPSA) is 18.5 Å². The second kappa shape index (κ2) is 23.9. The number of ether oxygens (including phenoxy) is 2. The second-order valence-corrected chi connectivity index (χ2v) is 18.3. The van der Waals surface area contributed by atoms with Crippen molar-refractivity contribution in [3.05, 3.63) is 155 Å². The van der Waals surface area contributed by atoms with Crippen molar-refractivity contribution >= 4 is 0 Å². The van der Waals surface area contributed by atoms with Gasteiger partial charge in [-0.2, -0.15) is 0 Å². The normalized spacial score (nSPS) is 19.4. The van der Waals surface area contributed by atoms with Crippen molar-refractivity contribution in [1.82, 2.24) is 0 Å². The van der Waals surface area contributed by atoms with Gasteiger partial charge < -0.3 is 9.47 Å². The molecule has 0 spiro atoms. The first kappa shape index (κ1) is 44.1. The molecule has 7 rings (SSSR count). The molecule has 0 heterocycles. The van der Waals surface area contributed by atoms with Crippen LogP contribution >= 0.6 is 0 Å². The third kappa shape index (κ3) is 13.5. The lowest BCUT2D eigenvalue weighted by Crippen LogP contribution is -2.21. The highest BCUT2D eigenvalue weighted by Gasteiger charge is 2.24. The molecule has 318 valence electrons. The zero-order chi connectivity index (χ0) is 41.2. The predicted molar refractivity (Wildman–Crippen MR) is 255 cm³/mol. The van der Waals surface area contributed by atoms with Crippen molar-refractivity contribution in [3.63, 3.8) is 0 Å². The van der Waals surface area contributed by atoms with Crippen LogP contribution in [-0.2, 0) is 35.2 Å². The summed E-state index contributed by atoms with van der Waals surface area (Å²) in [6.45, 7) is 6.44. The van der Waals surface area contributed by atoms with E-state index in [1.54, 1.807) is 0 Å². The van der Waals surface area contributed by atoms with Gasteiger partial charge in [0.1, 0.15) is 0 Å². The zero-order valence-electron chi connectivity index (χ0n) is 37.2. The van der Waals surface area contributed by atoms with Crippen LogP contribution in [0.4, 0.5) is 0 Å². The first-order chi connectivity index (χ1) is 29.6. The maximum Gasteiger partial charge on any atom is 0.0575 e. The lowest BCUT2D eigenvalue weighted by Gasteiger charge is -2.29. The van der Waals surface area contributed by atoms with Crippen LogP contribution in [0.15, 0.2) is 121 Å². The van der Waals surface area contributed by atoms with E-state index in [2.05, 4.69) is 135 Å². The van der Waals surface area contributed by atoms with E-state index in [4.69, 9.17) is 9.47 Å². The Kier molecular flexibility index (Phi) is 17.5. The van der Waals surface area contributed by atoms with E-state index >= 15 is 0 Å². The van der Waals surface area contributed by atoms with Crippen molar-refractivity contribution in [3.8, 4) is 22.3 Å². The average molecular weight is 803 g/mol. The van der Waals surface area contributed by atoms with Crippen LogP contribution in [0.3, 0.4) is 0 Å². The van der Waals surface area contributed by atoms with E-state index in [0.717, 1.165) is 38.9 Å². The molecule has 5 aromatic rings. The molecule has 0 aliphatic heterocycles. The molecule has 0 saturated heterocycles. The fourth-order valence-corrected chi connectivity index (χ4v) is 9.78. The van der Waals surface area contributed by atoms with Crippen LogP contribution < -0.4 is 0 Å². The van der Waals surface area contributed by atoms with E-state index < -0.39 is 0 Å². The Morgan fingerprint density at radius 2 is 0.717 bits per heavy atom. The number of hydrogen-bond donors (Lipinski definition) is 0. The molecule has 2 aliphatic carbocycles. The van der Waals surface area contributed by atoms with Gasteiger partial charge >= 0.3 is 0 Å². The van der Waals surface area contributed by atoms with Gasteiger partial charge in [-0.3, -0.25) is 0 Å². The van der Waals surface area contributed by atoms with E-state index in [0.29, 0.717) is 24.0 Å². The van der Waals surface area contributed by atoms with Crippen LogP contribution in [0.25, 0.3) is 22.3 Å². The average Bonchev–Trinajstić information content (AvgIpc) is 3.31. The Balaban J connectivity index is 0.823. The smallest absolute Gasteiger partial charge is 0.0575 e. The van der Waals surface area contributed by atoms with E-state index in [1.807, 2.05) is 0 Å². The third-order valence-electron chi connectivity index (χ3n) is 13.8. The standard InChI is InChI=1S/C58H74O2/c1-3-5-7-9-42-59-57-38-34-51(35-39-57)49-26-18-45(19-27-49)14-16-47-22-30-53(31-23-47)55-12-11-13-56(44-55)54-32-24-48(25-33-54)17-15-46-20-28-50(29-21-46)52-36-40-58(41-37-52)60-43-10-8-6-4-2/h11-13,18-33,44,51-52,57-58H,3-10,14-17,34-43H2,1-2H3. The molecule has 2 nitrogen and oxygen atoms in total. The van der Waals surface area contributed by atoms with Crippen molar-refractivity contribution in [1.29, 1.82) is 0 Å². The molecular formula is C58H74O2. The van der Waals surface area contributed by atoms with E-state index in [-0.39, 0.29) is 0 Å². The minimum atomic E-state index is 0.478. The Bertz CT molecular complexity index is 1780. The highest BCUT2D eigenvalue weighted by molar-refractivity contribution is 5.73. The van der Waals surface area contributed by atoms with Crippen molar-refractivity contribution in [2.45, 2.75) is 166 Å². The van der Waals surface area contributed by atoms with Gasteiger partial charge in [0.05, 0.1) is 12.2 Å². The summed E-state index contributed by atoms with van der Waals surface area (Å²) in [4.78, 5) is 0. The molecule has 2 saturated carbocycles. The molecule has 5 aromatic carbocycles. The maximum atomic E-state index is 6.21. The zero-order valence-corrected chi connectivity index (χ0v) is 37.2. The monoisotopic (exact) mass is 803 g/mol. The first-order valence-corrected chi connectivity index (χ1v) is 24.3. The van der Waals surface area contributed by atoms with E-state index in [9.17, 15) is 0 Å². The van der Waals surface area contributed by atoms with Crippen LogP contribution in [0.1, 0.15) is 162 Å². The predicted octanol–water partition coefficient (Wildman–Crippen LogP) is 15.8. The minimum absolute atomic E-state index is 0.478. The summed E-state index contributed by atoms with van der Waals surface area (Å²) in [6.07, 6.45) is 25.4. The number of benzene rings is 5. The van der Waals surface area contributed by atoms with Crippen LogP contribution in [-0.4, -0.2) is 25.4 Å². The molecule has 0 bridgehead atoms. The van der Waals surface area contributed by atoms with Crippen molar-refractivity contribution in [2.75, 3.05) is 13.2 Å². The summed E-state index contributed by atoms with van der Waals surface area (Å²) >= 11 is 0. The quantitative estimate of drug-likeness (QED) is 0.0649. The van der Waals surface area contributed by atoms with Gasteiger partial charge in [-0.1, -0.05) is 168 Å². The molecule has 2 aliphatic rings. The van der Waals surface area contributed by atoms with Gasteiger partial charge in [0.2, 0.25) is 0 Å². The van der Waals surface area contributed by atoms with Gasteiger partial charge in [-0.05, 0) is 163 Å². The largest absolute Gasteiger partial charge is 0.378 e. The second-order valence-electron chi connectivity index (χ2n) is 18.3. The fraction of sp³-hybridized carbons (Fsp3) is 0.483. The highest BCUT2D eigenvalue weighted by atomic mass is 16.5. The summed E-state index contributed by atoms with van der Waals surface area (Å²) in [5.41, 5.74) is 13.8. The maximum absolute atomic E-state index is 6.21. The van der Waals surface area contributed by atoms with Gasteiger partial charge in [0.25, 0.3) is 0 Å². The Morgan fingerprint density at radius 1 is 0.367 bits per heavy atom. The number of rotatable bonds is 22. The van der Waals surface area contributed by atoms with Crippen molar-refractivity contribution in [2.24, 2.45) is 0 Å². The molecule has 0 atom stereocenters. The van der Waals surface area contributed by atoms with Crippen LogP contribution in [0.5, 0.6) is 0 Å². The van der Waals surface area contributed by atoms with Gasteiger partial charge in [0.15, 0.2) is 0 Å². The Labute approximate surface area is 364 Å². The summed E-state index contributed by atoms with van der Waals surface area (Å²) < 4.78 is 12.4. The van der Waals surface area contributed by atoms with Crippen LogP contribution in [0, 0.1) is 0 Å². The molecule has 60 heavy (non-hydrogen) atoms. The van der Waals surface area contributed by atoms with Gasteiger partial charge in [0, 0.05) is 13.2 Å². The van der Waals surface area contributed by atoms with E-state index in [1.165, 1.54) is 158 Å². The molecule has 0 N–H and O–H groups in total. The molecular weight excluding hydrogens is 729 g/mol. The molecule has 0 amide bonds.